The molecule has 2 aromatic rings. The van der Waals surface area contributed by atoms with Crippen LogP contribution < -0.4 is 5.32 Å². The second-order valence-electron chi connectivity index (χ2n) is 4.20. The van der Waals surface area contributed by atoms with Gasteiger partial charge in [0.1, 0.15) is 0 Å². The molecule has 1 atom stereocenters. The van der Waals surface area contributed by atoms with Crippen LogP contribution in [0.5, 0.6) is 0 Å². The third-order valence-electron chi connectivity index (χ3n) is 3.12. The molecule has 0 aliphatic rings. The molecule has 0 radical (unpaired) electrons. The molecule has 1 heteroatoms. The van der Waals surface area contributed by atoms with E-state index < -0.39 is 0 Å². The van der Waals surface area contributed by atoms with Crippen LogP contribution in [0.2, 0.25) is 0 Å². The third-order valence-corrected chi connectivity index (χ3v) is 3.12. The molecule has 84 valence electrons. The molecule has 0 aliphatic heterocycles. The number of rotatable bonds is 4. The molecule has 0 saturated heterocycles. The molecule has 0 aromatic heterocycles. The number of hydrogen-bond donors (Lipinski definition) is 1. The highest BCUT2D eigenvalue weighted by Gasteiger charge is 2.10. The minimum absolute atomic E-state index is 0.469. The van der Waals surface area contributed by atoms with Crippen LogP contribution in [0.25, 0.3) is 10.8 Å². The first-order chi connectivity index (χ1) is 7.86. The molecule has 0 fully saturated rings. The molecule has 1 nitrogen and oxygen atoms in total. The Balaban J connectivity index is 2.50. The summed E-state index contributed by atoms with van der Waals surface area (Å²) < 4.78 is 0. The lowest BCUT2D eigenvalue weighted by Crippen LogP contribution is -2.16. The van der Waals surface area contributed by atoms with Crippen molar-refractivity contribution in [2.24, 2.45) is 0 Å². The molecule has 0 heterocycles. The van der Waals surface area contributed by atoms with E-state index in [9.17, 15) is 0 Å². The molecule has 0 aliphatic carbocycles. The third kappa shape index (κ3) is 2.10. The van der Waals surface area contributed by atoms with Crippen molar-refractivity contribution in [2.45, 2.75) is 25.8 Å². The normalized spacial score (nSPS) is 12.9. The number of nitrogens with one attached hydrogen (secondary N) is 1. The lowest BCUT2D eigenvalue weighted by molar-refractivity contribution is 0.545. The molecule has 16 heavy (non-hydrogen) atoms. The van der Waals surface area contributed by atoms with Crippen LogP contribution in [0, 0.1) is 0 Å². The molecule has 2 rings (SSSR count). The number of fused-ring (bicyclic) bond motifs is 1. The lowest BCUT2D eigenvalue weighted by atomic mass is 9.96. The maximum atomic E-state index is 3.41. The minimum atomic E-state index is 0.469. The maximum Gasteiger partial charge on any atom is 0.0323 e. The molecular weight excluding hydrogens is 194 g/mol. The zero-order chi connectivity index (χ0) is 11.4. The summed E-state index contributed by atoms with van der Waals surface area (Å²) in [7, 11) is 2.04. The second kappa shape index (κ2) is 5.13. The van der Waals surface area contributed by atoms with Crippen molar-refractivity contribution in [2.75, 3.05) is 7.05 Å². The lowest BCUT2D eigenvalue weighted by Gasteiger charge is -2.17. The predicted octanol–water partition coefficient (Wildman–Crippen LogP) is 3.90. The van der Waals surface area contributed by atoms with Gasteiger partial charge in [0.25, 0.3) is 0 Å². The van der Waals surface area contributed by atoms with Gasteiger partial charge in [0.05, 0.1) is 0 Å². The fourth-order valence-corrected chi connectivity index (χ4v) is 2.30. The predicted molar refractivity (Wildman–Crippen MR) is 70.7 cm³/mol. The van der Waals surface area contributed by atoms with Crippen molar-refractivity contribution < 1.29 is 0 Å². The smallest absolute Gasteiger partial charge is 0.0323 e. The first kappa shape index (κ1) is 11.2. The quantitative estimate of drug-likeness (QED) is 0.812. The van der Waals surface area contributed by atoms with Gasteiger partial charge in [0, 0.05) is 6.04 Å². The van der Waals surface area contributed by atoms with Gasteiger partial charge in [-0.05, 0) is 29.8 Å². The van der Waals surface area contributed by atoms with E-state index in [-0.39, 0.29) is 0 Å². The zero-order valence-electron chi connectivity index (χ0n) is 10.0. The summed E-state index contributed by atoms with van der Waals surface area (Å²) in [5.41, 5.74) is 1.42. The van der Waals surface area contributed by atoms with E-state index in [1.54, 1.807) is 0 Å². The van der Waals surface area contributed by atoms with Crippen LogP contribution in [0.4, 0.5) is 0 Å². The van der Waals surface area contributed by atoms with Crippen molar-refractivity contribution in [3.05, 3.63) is 48.0 Å². The Morgan fingerprint density at radius 1 is 1.06 bits per heavy atom. The zero-order valence-corrected chi connectivity index (χ0v) is 10.0. The Bertz CT molecular complexity index is 456. The standard InChI is InChI=1S/C15H19N/c1-3-7-15(16-2)14-11-6-9-12-8-4-5-10-13(12)14/h4-6,8-11,15-16H,3,7H2,1-2H3. The summed E-state index contributed by atoms with van der Waals surface area (Å²) in [6, 6.07) is 15.6. The van der Waals surface area contributed by atoms with E-state index in [1.807, 2.05) is 7.05 Å². The molecule has 1 unspecified atom stereocenters. The van der Waals surface area contributed by atoms with Gasteiger partial charge in [0.15, 0.2) is 0 Å². The summed E-state index contributed by atoms with van der Waals surface area (Å²) in [5.74, 6) is 0. The Labute approximate surface area is 97.5 Å². The fraction of sp³-hybridized carbons (Fsp3) is 0.333. The largest absolute Gasteiger partial charge is 0.313 e. The molecule has 0 saturated carbocycles. The summed E-state index contributed by atoms with van der Waals surface area (Å²) >= 11 is 0. The van der Waals surface area contributed by atoms with Crippen molar-refractivity contribution in [3.63, 3.8) is 0 Å². The van der Waals surface area contributed by atoms with Gasteiger partial charge in [-0.1, -0.05) is 55.8 Å². The Morgan fingerprint density at radius 3 is 2.56 bits per heavy atom. The van der Waals surface area contributed by atoms with Crippen molar-refractivity contribution in [3.8, 4) is 0 Å². The molecule has 0 bridgehead atoms. The average molecular weight is 213 g/mol. The Morgan fingerprint density at radius 2 is 1.81 bits per heavy atom. The second-order valence-corrected chi connectivity index (χ2v) is 4.20. The fourth-order valence-electron chi connectivity index (χ4n) is 2.30. The van der Waals surface area contributed by atoms with Crippen LogP contribution in [0.3, 0.4) is 0 Å². The van der Waals surface area contributed by atoms with E-state index in [1.165, 1.54) is 29.2 Å². The van der Waals surface area contributed by atoms with E-state index in [2.05, 4.69) is 54.7 Å². The Hall–Kier alpha value is -1.34. The van der Waals surface area contributed by atoms with Crippen LogP contribution in [-0.2, 0) is 0 Å². The Kier molecular flexibility index (Phi) is 3.58. The molecular formula is C15H19N. The summed E-state index contributed by atoms with van der Waals surface area (Å²) in [6.45, 7) is 2.23. The highest BCUT2D eigenvalue weighted by atomic mass is 14.9. The summed E-state index contributed by atoms with van der Waals surface area (Å²) in [6.07, 6.45) is 2.39. The van der Waals surface area contributed by atoms with Gasteiger partial charge in [-0.3, -0.25) is 0 Å². The van der Waals surface area contributed by atoms with Crippen molar-refractivity contribution in [1.29, 1.82) is 0 Å². The van der Waals surface area contributed by atoms with E-state index in [4.69, 9.17) is 0 Å². The average Bonchev–Trinajstić information content (AvgIpc) is 2.35. The van der Waals surface area contributed by atoms with Crippen LogP contribution in [0.1, 0.15) is 31.4 Å². The first-order valence-corrected chi connectivity index (χ1v) is 6.01. The van der Waals surface area contributed by atoms with Gasteiger partial charge in [-0.25, -0.2) is 0 Å². The molecule has 0 spiro atoms. The van der Waals surface area contributed by atoms with Gasteiger partial charge in [0.2, 0.25) is 0 Å². The van der Waals surface area contributed by atoms with Crippen molar-refractivity contribution >= 4 is 10.8 Å². The van der Waals surface area contributed by atoms with Gasteiger partial charge in [-0.15, -0.1) is 0 Å². The topological polar surface area (TPSA) is 12.0 Å². The van der Waals surface area contributed by atoms with E-state index in [0.717, 1.165) is 0 Å². The molecule has 1 N–H and O–H groups in total. The summed E-state index contributed by atoms with van der Waals surface area (Å²) in [5, 5.41) is 6.11. The monoisotopic (exact) mass is 213 g/mol. The maximum absolute atomic E-state index is 3.41. The summed E-state index contributed by atoms with van der Waals surface area (Å²) in [4.78, 5) is 0. The highest BCUT2D eigenvalue weighted by molar-refractivity contribution is 5.86. The van der Waals surface area contributed by atoms with Gasteiger partial charge < -0.3 is 5.32 Å². The van der Waals surface area contributed by atoms with Crippen LogP contribution in [-0.4, -0.2) is 7.05 Å². The molecule has 0 amide bonds. The van der Waals surface area contributed by atoms with Gasteiger partial charge in [-0.2, -0.15) is 0 Å². The molecule has 2 aromatic carbocycles. The first-order valence-electron chi connectivity index (χ1n) is 6.01. The van der Waals surface area contributed by atoms with E-state index in [0.29, 0.717) is 6.04 Å². The van der Waals surface area contributed by atoms with Gasteiger partial charge >= 0.3 is 0 Å². The van der Waals surface area contributed by atoms with Crippen LogP contribution in [0.15, 0.2) is 42.5 Å². The highest BCUT2D eigenvalue weighted by Crippen LogP contribution is 2.26. The number of benzene rings is 2. The van der Waals surface area contributed by atoms with E-state index >= 15 is 0 Å². The van der Waals surface area contributed by atoms with Crippen molar-refractivity contribution in [1.82, 2.24) is 5.32 Å². The minimum Gasteiger partial charge on any atom is -0.313 e. The SMILES string of the molecule is CCCC(NC)c1cccc2ccccc12. The van der Waals surface area contributed by atoms with Crippen LogP contribution >= 0.6 is 0 Å². The number of hydrogen-bond acceptors (Lipinski definition) is 1.